The number of para-hydroxylation sites is 1. The van der Waals surface area contributed by atoms with E-state index in [2.05, 4.69) is 5.32 Å². The van der Waals surface area contributed by atoms with Crippen LogP contribution in [0.25, 0.3) is 0 Å². The number of methoxy groups -OCH3 is 2. The summed E-state index contributed by atoms with van der Waals surface area (Å²) in [6, 6.07) is 16.0. The molecule has 2 rings (SSSR count). The topological polar surface area (TPSA) is 64.6 Å². The molecule has 0 unspecified atom stereocenters. The first-order valence-corrected chi connectivity index (χ1v) is 7.67. The van der Waals surface area contributed by atoms with Crippen molar-refractivity contribution in [1.29, 1.82) is 0 Å². The Kier molecular flexibility index (Phi) is 6.37. The van der Waals surface area contributed by atoms with Crippen molar-refractivity contribution in [3.63, 3.8) is 0 Å². The number of carbonyl (C=O) groups excluding carboxylic acids is 2. The van der Waals surface area contributed by atoms with Gasteiger partial charge >= 0.3 is 5.97 Å². The standard InChI is InChI=1S/C19H21NO4/c1-23-17-11-7-6-10-15(17)13-16(19(22)24-2)20-18(21)12-14-8-4-3-5-9-14/h3-11,16H,12-13H2,1-2H3,(H,20,21)/t16-/m1/s1. The van der Waals surface area contributed by atoms with Gasteiger partial charge in [-0.1, -0.05) is 48.5 Å². The molecule has 5 heteroatoms. The summed E-state index contributed by atoms with van der Waals surface area (Å²) in [4.78, 5) is 24.3. The lowest BCUT2D eigenvalue weighted by Crippen LogP contribution is -2.43. The van der Waals surface area contributed by atoms with Gasteiger partial charge in [-0.05, 0) is 17.2 Å². The molecule has 0 saturated heterocycles. The van der Waals surface area contributed by atoms with E-state index < -0.39 is 12.0 Å². The number of hydrogen-bond acceptors (Lipinski definition) is 4. The second kappa shape index (κ2) is 8.72. The number of nitrogens with one attached hydrogen (secondary N) is 1. The minimum Gasteiger partial charge on any atom is -0.496 e. The van der Waals surface area contributed by atoms with E-state index in [1.165, 1.54) is 7.11 Å². The highest BCUT2D eigenvalue weighted by atomic mass is 16.5. The number of hydrogen-bond donors (Lipinski definition) is 1. The van der Waals surface area contributed by atoms with Crippen LogP contribution in [0.1, 0.15) is 11.1 Å². The molecule has 2 aromatic rings. The summed E-state index contributed by atoms with van der Waals surface area (Å²) < 4.78 is 10.1. The van der Waals surface area contributed by atoms with Gasteiger partial charge in [0, 0.05) is 6.42 Å². The average molecular weight is 327 g/mol. The zero-order valence-corrected chi connectivity index (χ0v) is 13.8. The summed E-state index contributed by atoms with van der Waals surface area (Å²) in [5, 5.41) is 2.75. The average Bonchev–Trinajstić information content (AvgIpc) is 2.61. The van der Waals surface area contributed by atoms with Gasteiger partial charge in [0.05, 0.1) is 20.6 Å². The highest BCUT2D eigenvalue weighted by Gasteiger charge is 2.23. The Hall–Kier alpha value is -2.82. The second-order valence-electron chi connectivity index (χ2n) is 5.32. The highest BCUT2D eigenvalue weighted by molar-refractivity contribution is 5.85. The Morgan fingerprint density at radius 3 is 2.33 bits per heavy atom. The lowest BCUT2D eigenvalue weighted by molar-refractivity contribution is -0.145. The molecule has 1 atom stereocenters. The van der Waals surface area contributed by atoms with Crippen LogP contribution in [0, 0.1) is 0 Å². The van der Waals surface area contributed by atoms with E-state index in [1.807, 2.05) is 54.6 Å². The minimum atomic E-state index is -0.762. The van der Waals surface area contributed by atoms with Gasteiger partial charge in [-0.15, -0.1) is 0 Å². The Bertz CT molecular complexity index is 685. The minimum absolute atomic E-state index is 0.209. The van der Waals surface area contributed by atoms with Gasteiger partial charge in [-0.2, -0.15) is 0 Å². The Morgan fingerprint density at radius 1 is 1.00 bits per heavy atom. The maximum Gasteiger partial charge on any atom is 0.328 e. The zero-order valence-electron chi connectivity index (χ0n) is 13.8. The van der Waals surface area contributed by atoms with Gasteiger partial charge in [0.15, 0.2) is 0 Å². The summed E-state index contributed by atoms with van der Waals surface area (Å²) in [6.45, 7) is 0. The molecule has 0 bridgehead atoms. The third kappa shape index (κ3) is 4.84. The highest BCUT2D eigenvalue weighted by Crippen LogP contribution is 2.19. The largest absolute Gasteiger partial charge is 0.496 e. The van der Waals surface area contributed by atoms with Gasteiger partial charge in [0.2, 0.25) is 5.91 Å². The fourth-order valence-electron chi connectivity index (χ4n) is 2.45. The molecule has 0 aliphatic carbocycles. The summed E-state index contributed by atoms with van der Waals surface area (Å²) in [7, 11) is 2.88. The summed E-state index contributed by atoms with van der Waals surface area (Å²) in [6.07, 6.45) is 0.511. The van der Waals surface area contributed by atoms with Crippen molar-refractivity contribution in [2.24, 2.45) is 0 Å². The Balaban J connectivity index is 2.08. The van der Waals surface area contributed by atoms with Crippen LogP contribution >= 0.6 is 0 Å². The van der Waals surface area contributed by atoms with Gasteiger partial charge in [0.25, 0.3) is 0 Å². The van der Waals surface area contributed by atoms with Crippen LogP contribution in [0.2, 0.25) is 0 Å². The first-order chi connectivity index (χ1) is 11.6. The first-order valence-electron chi connectivity index (χ1n) is 7.67. The molecule has 0 aliphatic rings. The van der Waals surface area contributed by atoms with E-state index in [0.717, 1.165) is 11.1 Å². The smallest absolute Gasteiger partial charge is 0.328 e. The Morgan fingerprint density at radius 2 is 1.67 bits per heavy atom. The van der Waals surface area contributed by atoms with Crippen LogP contribution in [-0.2, 0) is 27.2 Å². The monoisotopic (exact) mass is 327 g/mol. The van der Waals surface area contributed by atoms with Gasteiger partial charge in [-0.3, -0.25) is 4.79 Å². The molecule has 0 aliphatic heterocycles. The molecule has 2 aromatic carbocycles. The van der Waals surface area contributed by atoms with Crippen molar-refractivity contribution in [1.82, 2.24) is 5.32 Å². The molecule has 0 aromatic heterocycles. The van der Waals surface area contributed by atoms with E-state index in [1.54, 1.807) is 7.11 Å². The maximum atomic E-state index is 12.2. The summed E-state index contributed by atoms with van der Waals surface area (Å²) >= 11 is 0. The molecule has 1 N–H and O–H groups in total. The van der Waals surface area contributed by atoms with E-state index in [9.17, 15) is 9.59 Å². The number of benzene rings is 2. The molecule has 0 radical (unpaired) electrons. The van der Waals surface area contributed by atoms with Gasteiger partial charge < -0.3 is 14.8 Å². The number of rotatable bonds is 7. The number of carbonyl (C=O) groups is 2. The van der Waals surface area contributed by atoms with Crippen LogP contribution in [0.15, 0.2) is 54.6 Å². The third-order valence-electron chi connectivity index (χ3n) is 3.64. The number of ether oxygens (including phenoxy) is 2. The third-order valence-corrected chi connectivity index (χ3v) is 3.64. The number of amides is 1. The summed E-state index contributed by atoms with van der Waals surface area (Å²) in [5.74, 6) is -0.0440. The van der Waals surface area contributed by atoms with Gasteiger partial charge in [-0.25, -0.2) is 4.79 Å². The maximum absolute atomic E-state index is 12.2. The molecular formula is C19H21NO4. The van der Waals surface area contributed by atoms with Crippen LogP contribution in [-0.4, -0.2) is 32.1 Å². The van der Waals surface area contributed by atoms with Crippen molar-refractivity contribution < 1.29 is 19.1 Å². The van der Waals surface area contributed by atoms with Gasteiger partial charge in [0.1, 0.15) is 11.8 Å². The molecular weight excluding hydrogens is 306 g/mol. The number of esters is 1. The molecule has 126 valence electrons. The van der Waals surface area contributed by atoms with Crippen LogP contribution in [0.5, 0.6) is 5.75 Å². The van der Waals surface area contributed by atoms with E-state index in [-0.39, 0.29) is 12.3 Å². The van der Waals surface area contributed by atoms with Crippen molar-refractivity contribution in [2.45, 2.75) is 18.9 Å². The van der Waals surface area contributed by atoms with Crippen LogP contribution < -0.4 is 10.1 Å². The molecule has 0 heterocycles. The second-order valence-corrected chi connectivity index (χ2v) is 5.32. The molecule has 0 fully saturated rings. The van der Waals surface area contributed by atoms with Crippen molar-refractivity contribution in [3.05, 3.63) is 65.7 Å². The molecule has 0 spiro atoms. The molecule has 0 saturated carbocycles. The van der Waals surface area contributed by atoms with Crippen LogP contribution in [0.3, 0.4) is 0 Å². The van der Waals surface area contributed by atoms with Crippen LogP contribution in [0.4, 0.5) is 0 Å². The van der Waals surface area contributed by atoms with E-state index >= 15 is 0 Å². The van der Waals surface area contributed by atoms with Crippen molar-refractivity contribution in [3.8, 4) is 5.75 Å². The van der Waals surface area contributed by atoms with E-state index in [0.29, 0.717) is 12.2 Å². The fourth-order valence-corrected chi connectivity index (χ4v) is 2.45. The molecule has 5 nitrogen and oxygen atoms in total. The van der Waals surface area contributed by atoms with E-state index in [4.69, 9.17) is 9.47 Å². The zero-order chi connectivity index (χ0) is 17.4. The SMILES string of the molecule is COC(=O)[C@@H](Cc1ccccc1OC)NC(=O)Cc1ccccc1. The molecule has 24 heavy (non-hydrogen) atoms. The van der Waals surface area contributed by atoms with Crippen molar-refractivity contribution >= 4 is 11.9 Å². The predicted molar refractivity (Wildman–Crippen MR) is 90.8 cm³/mol. The first kappa shape index (κ1) is 17.5. The summed E-state index contributed by atoms with van der Waals surface area (Å²) in [5.41, 5.74) is 1.71. The predicted octanol–water partition coefficient (Wildman–Crippen LogP) is 2.14. The Labute approximate surface area is 141 Å². The fraction of sp³-hybridized carbons (Fsp3) is 0.263. The molecule has 1 amide bonds. The lowest BCUT2D eigenvalue weighted by Gasteiger charge is -2.18. The normalized spacial score (nSPS) is 11.4. The quantitative estimate of drug-likeness (QED) is 0.791. The van der Waals surface area contributed by atoms with Crippen molar-refractivity contribution in [2.75, 3.05) is 14.2 Å². The lowest BCUT2D eigenvalue weighted by atomic mass is 10.0.